The second-order valence-corrected chi connectivity index (χ2v) is 11.1. The molecule has 3 aromatic carbocycles. The quantitative estimate of drug-likeness (QED) is 0.199. The Labute approximate surface area is 260 Å². The molecule has 14 heteroatoms. The highest BCUT2D eigenvalue weighted by Crippen LogP contribution is 2.31. The van der Waals surface area contributed by atoms with Gasteiger partial charge in [0.05, 0.1) is 23.7 Å². The van der Waals surface area contributed by atoms with Crippen molar-refractivity contribution in [3.8, 4) is 22.8 Å². The molecule has 1 aromatic heterocycles. The Morgan fingerprint density at radius 1 is 1.11 bits per heavy atom. The fourth-order valence-corrected chi connectivity index (χ4v) is 5.49. The first-order valence-corrected chi connectivity index (χ1v) is 14.9. The summed E-state index contributed by atoms with van der Waals surface area (Å²) in [5.74, 6) is -0.0596. The molecule has 0 aliphatic carbocycles. The van der Waals surface area contributed by atoms with Gasteiger partial charge in [0.15, 0.2) is 11.0 Å². The van der Waals surface area contributed by atoms with E-state index in [9.17, 15) is 22.8 Å². The van der Waals surface area contributed by atoms with Gasteiger partial charge in [0.25, 0.3) is 0 Å². The van der Waals surface area contributed by atoms with E-state index in [-0.39, 0.29) is 29.1 Å². The number of thioether (sulfide) groups is 1. The highest BCUT2D eigenvalue weighted by molar-refractivity contribution is 8.15. The number of alkyl halides is 4. The minimum Gasteiger partial charge on any atom is -0.406 e. The molecule has 9 nitrogen and oxygen atoms in total. The molecule has 45 heavy (non-hydrogen) atoms. The molecule has 1 aliphatic rings. The van der Waals surface area contributed by atoms with Crippen LogP contribution in [0.1, 0.15) is 36.2 Å². The molecule has 5 rings (SSSR count). The van der Waals surface area contributed by atoms with Crippen molar-refractivity contribution in [3.05, 3.63) is 89.7 Å². The van der Waals surface area contributed by atoms with Gasteiger partial charge in [0, 0.05) is 5.56 Å². The maximum atomic E-state index is 15.0. The summed E-state index contributed by atoms with van der Waals surface area (Å²) in [6, 6.07) is 16.6. The summed E-state index contributed by atoms with van der Waals surface area (Å²) in [7, 11) is 0. The van der Waals surface area contributed by atoms with Crippen molar-refractivity contribution in [1.29, 1.82) is 0 Å². The van der Waals surface area contributed by atoms with Gasteiger partial charge in [-0.3, -0.25) is 9.69 Å². The van der Waals surface area contributed by atoms with Crippen LogP contribution in [-0.4, -0.2) is 50.5 Å². The number of nitrogens with zero attached hydrogens (tertiary/aromatic N) is 5. The Hall–Kier alpha value is -4.72. The number of ether oxygens (including phenoxy) is 1. The van der Waals surface area contributed by atoms with Gasteiger partial charge in [-0.05, 0) is 60.4 Å². The fraction of sp³-hybridized carbons (Fsp3) is 0.258. The van der Waals surface area contributed by atoms with E-state index in [1.807, 2.05) is 32.0 Å². The second-order valence-electron chi connectivity index (χ2n) is 10.1. The molecule has 0 bridgehead atoms. The van der Waals surface area contributed by atoms with E-state index in [1.54, 1.807) is 24.3 Å². The summed E-state index contributed by atoms with van der Waals surface area (Å²) in [5.41, 5.74) is 4.01. The van der Waals surface area contributed by atoms with Gasteiger partial charge in [-0.2, -0.15) is 4.99 Å². The topological polar surface area (TPSA) is 102 Å². The first kappa shape index (κ1) is 31.7. The fourth-order valence-electron chi connectivity index (χ4n) is 4.63. The molecule has 0 saturated carbocycles. The van der Waals surface area contributed by atoms with Crippen LogP contribution in [0.5, 0.6) is 5.75 Å². The van der Waals surface area contributed by atoms with Gasteiger partial charge < -0.3 is 10.1 Å². The van der Waals surface area contributed by atoms with Crippen molar-refractivity contribution in [1.82, 2.24) is 20.1 Å². The number of hydrogen-bond acceptors (Lipinski definition) is 6. The Kier molecular flexibility index (Phi) is 9.51. The third-order valence-corrected chi connectivity index (χ3v) is 7.68. The van der Waals surface area contributed by atoms with Gasteiger partial charge >= 0.3 is 12.4 Å². The molecule has 1 aliphatic heterocycles. The van der Waals surface area contributed by atoms with Crippen molar-refractivity contribution in [2.75, 3.05) is 17.2 Å². The zero-order chi connectivity index (χ0) is 32.1. The Bertz CT molecular complexity index is 1710. The van der Waals surface area contributed by atoms with Crippen LogP contribution in [0.25, 0.3) is 17.1 Å². The molecular formula is C31H28F4N6O3S. The summed E-state index contributed by atoms with van der Waals surface area (Å²) in [6.07, 6.45) is -3.27. The number of amides is 3. The number of rotatable bonds is 9. The summed E-state index contributed by atoms with van der Waals surface area (Å²) in [6.45, 7) is 3.64. The smallest absolute Gasteiger partial charge is 0.406 e. The zero-order valence-electron chi connectivity index (χ0n) is 24.2. The molecule has 0 spiro atoms. The van der Waals surface area contributed by atoms with Crippen molar-refractivity contribution in [3.63, 3.8) is 0 Å². The van der Waals surface area contributed by atoms with Crippen molar-refractivity contribution < 1.29 is 31.9 Å². The number of anilines is 1. The number of benzene rings is 3. The first-order valence-electron chi connectivity index (χ1n) is 13.9. The van der Waals surface area contributed by atoms with Crippen LogP contribution in [0.15, 0.2) is 78.0 Å². The van der Waals surface area contributed by atoms with Crippen molar-refractivity contribution in [2.45, 2.75) is 39.2 Å². The first-order chi connectivity index (χ1) is 21.5. The third kappa shape index (κ3) is 7.87. The predicted molar refractivity (Wildman–Crippen MR) is 163 cm³/mol. The highest BCUT2D eigenvalue weighted by Gasteiger charge is 2.32. The van der Waals surface area contributed by atoms with E-state index in [0.29, 0.717) is 28.3 Å². The standard InChI is InChI=1S/C31H28F4N6O3S/c1-3-4-21-6-5-19(2)15-26(21)41-27(42)17-45-30(41)38-29(43)36-16-25(32)20-7-9-22(10-8-20)28-37-18-40(39-28)23-11-13-24(14-12-23)44-31(33,34)35/h5-15,18,25H,3-4,16-17H2,1-2H3,(H,36,43)/b38-30-. The molecule has 1 fully saturated rings. The van der Waals surface area contributed by atoms with E-state index < -0.39 is 18.6 Å². The van der Waals surface area contributed by atoms with E-state index in [0.717, 1.165) is 35.7 Å². The lowest BCUT2D eigenvalue weighted by Crippen LogP contribution is -2.32. The van der Waals surface area contributed by atoms with Gasteiger partial charge in [-0.1, -0.05) is 61.5 Å². The van der Waals surface area contributed by atoms with Crippen LogP contribution in [0.3, 0.4) is 0 Å². The lowest BCUT2D eigenvalue weighted by molar-refractivity contribution is -0.274. The third-order valence-electron chi connectivity index (χ3n) is 6.75. The van der Waals surface area contributed by atoms with Crippen LogP contribution < -0.4 is 15.0 Å². The monoisotopic (exact) mass is 640 g/mol. The van der Waals surface area contributed by atoms with E-state index in [1.165, 1.54) is 40.2 Å². The van der Waals surface area contributed by atoms with Crippen LogP contribution >= 0.6 is 11.8 Å². The highest BCUT2D eigenvalue weighted by atomic mass is 32.2. The molecule has 1 N–H and O–H groups in total. The maximum Gasteiger partial charge on any atom is 0.573 e. The SMILES string of the molecule is CCCc1ccc(C)cc1N1C(=O)CS/C1=N\C(=O)NCC(F)c1ccc(-c2ncn(-c3ccc(OC(F)(F)F)cc3)n2)cc1. The van der Waals surface area contributed by atoms with Crippen LogP contribution in [0.2, 0.25) is 0 Å². The molecule has 1 atom stereocenters. The second kappa shape index (κ2) is 13.5. The van der Waals surface area contributed by atoms with Crippen LogP contribution in [-0.2, 0) is 11.2 Å². The van der Waals surface area contributed by atoms with Crippen LogP contribution in [0.4, 0.5) is 28.0 Å². The molecule has 0 radical (unpaired) electrons. The Morgan fingerprint density at radius 3 is 2.53 bits per heavy atom. The van der Waals surface area contributed by atoms with Gasteiger partial charge in [-0.15, -0.1) is 18.3 Å². The number of carbonyl (C=O) groups is 2. The number of urea groups is 1. The van der Waals surface area contributed by atoms with Gasteiger partial charge in [0.1, 0.15) is 18.2 Å². The Morgan fingerprint density at radius 2 is 1.84 bits per heavy atom. The molecule has 1 saturated heterocycles. The van der Waals surface area contributed by atoms with Gasteiger partial charge in [-0.25, -0.2) is 18.9 Å². The average molecular weight is 641 g/mol. The lowest BCUT2D eigenvalue weighted by Gasteiger charge is -2.20. The molecule has 4 aromatic rings. The Balaban J connectivity index is 1.20. The molecule has 1 unspecified atom stereocenters. The number of aliphatic imine (C=N–C) groups is 1. The van der Waals surface area contributed by atoms with Crippen molar-refractivity contribution in [2.24, 2.45) is 4.99 Å². The number of hydrogen-bond donors (Lipinski definition) is 1. The summed E-state index contributed by atoms with van der Waals surface area (Å²) >= 11 is 1.16. The number of aryl methyl sites for hydroxylation is 2. The predicted octanol–water partition coefficient (Wildman–Crippen LogP) is 6.95. The van der Waals surface area contributed by atoms with E-state index >= 15 is 4.39 Å². The number of aromatic nitrogens is 3. The maximum absolute atomic E-state index is 15.0. The minimum atomic E-state index is -4.79. The number of halogens is 4. The van der Waals surface area contributed by atoms with Gasteiger partial charge in [0.2, 0.25) is 5.91 Å². The van der Waals surface area contributed by atoms with Crippen LogP contribution in [0, 0.1) is 6.92 Å². The largest absolute Gasteiger partial charge is 0.573 e. The molecule has 3 amide bonds. The number of amidine groups is 1. The summed E-state index contributed by atoms with van der Waals surface area (Å²) < 4.78 is 57.5. The van der Waals surface area contributed by atoms with E-state index in [4.69, 9.17) is 0 Å². The molecule has 234 valence electrons. The number of nitrogens with one attached hydrogen (secondary N) is 1. The zero-order valence-corrected chi connectivity index (χ0v) is 25.0. The summed E-state index contributed by atoms with van der Waals surface area (Å²) in [5, 5.41) is 7.06. The minimum absolute atomic E-state index is 0.153. The number of carbonyl (C=O) groups excluding carboxylic acids is 2. The summed E-state index contributed by atoms with van der Waals surface area (Å²) in [4.78, 5) is 35.1. The van der Waals surface area contributed by atoms with E-state index in [2.05, 4.69) is 25.1 Å². The molecular weight excluding hydrogens is 612 g/mol. The molecule has 2 heterocycles. The lowest BCUT2D eigenvalue weighted by atomic mass is 10.0. The average Bonchev–Trinajstić information content (AvgIpc) is 3.64. The van der Waals surface area contributed by atoms with Crippen molar-refractivity contribution >= 4 is 34.6 Å². The normalized spacial score (nSPS) is 15.0.